The molecule has 0 aliphatic rings. The van der Waals surface area contributed by atoms with Gasteiger partial charge >= 0.3 is 10.4 Å². The number of rotatable bonds is 10. The summed E-state index contributed by atoms with van der Waals surface area (Å²) < 4.78 is 32.9. The highest BCUT2D eigenvalue weighted by atomic mass is 32.3. The molecule has 0 amide bonds. The summed E-state index contributed by atoms with van der Waals surface area (Å²) in [4.78, 5) is 0. The zero-order chi connectivity index (χ0) is 12.3. The number of hydrogen-bond donors (Lipinski definition) is 1. The van der Waals surface area contributed by atoms with Gasteiger partial charge in [-0.25, -0.2) is 4.18 Å². The third-order valence-corrected chi connectivity index (χ3v) is 2.58. The molecule has 0 aliphatic heterocycles. The van der Waals surface area contributed by atoms with Crippen molar-refractivity contribution in [2.24, 2.45) is 0 Å². The largest absolute Gasteiger partial charge is 0.397 e. The average Bonchev–Trinajstić information content (AvgIpc) is 2.19. The molecule has 0 aromatic heterocycles. The summed E-state index contributed by atoms with van der Waals surface area (Å²) >= 11 is 0. The van der Waals surface area contributed by atoms with E-state index >= 15 is 0 Å². The Morgan fingerprint density at radius 3 is 2.31 bits per heavy atom. The SMILES string of the molecule is CCCC=CCCCCCCOS(=O)(=O)O. The molecule has 0 saturated heterocycles. The van der Waals surface area contributed by atoms with Gasteiger partial charge in [0.15, 0.2) is 0 Å². The highest BCUT2D eigenvalue weighted by Gasteiger charge is 2.02. The summed E-state index contributed by atoms with van der Waals surface area (Å²) in [6.45, 7) is 2.23. The highest BCUT2D eigenvalue weighted by molar-refractivity contribution is 7.80. The fraction of sp³-hybridized carbons (Fsp3) is 0.818. The van der Waals surface area contributed by atoms with E-state index in [1.54, 1.807) is 0 Å². The van der Waals surface area contributed by atoms with Crippen LogP contribution in [-0.4, -0.2) is 19.6 Å². The molecule has 0 spiro atoms. The molecule has 96 valence electrons. The summed E-state index contributed by atoms with van der Waals surface area (Å²) in [5, 5.41) is 0. The highest BCUT2D eigenvalue weighted by Crippen LogP contribution is 2.05. The van der Waals surface area contributed by atoms with Crippen LogP contribution in [0.4, 0.5) is 0 Å². The molecule has 5 heteroatoms. The molecule has 1 N–H and O–H groups in total. The van der Waals surface area contributed by atoms with Crippen LogP contribution >= 0.6 is 0 Å². The topological polar surface area (TPSA) is 63.6 Å². The van der Waals surface area contributed by atoms with Gasteiger partial charge in [-0.2, -0.15) is 8.42 Å². The molecule has 0 aromatic rings. The molecule has 0 fully saturated rings. The van der Waals surface area contributed by atoms with E-state index in [4.69, 9.17) is 4.55 Å². The predicted molar refractivity (Wildman–Crippen MR) is 64.6 cm³/mol. The number of allylic oxidation sites excluding steroid dienone is 2. The maximum absolute atomic E-state index is 10.2. The van der Waals surface area contributed by atoms with Crippen molar-refractivity contribution >= 4 is 10.4 Å². The Hall–Kier alpha value is -0.390. The Morgan fingerprint density at radius 1 is 1.06 bits per heavy atom. The standard InChI is InChI=1S/C11H22O4S/c1-2-3-4-5-6-7-8-9-10-11-15-16(12,13)14/h4-5H,2-3,6-11H2,1H3,(H,12,13,14). The third kappa shape index (κ3) is 13.6. The minimum Gasteiger partial charge on any atom is -0.264 e. The molecule has 4 nitrogen and oxygen atoms in total. The van der Waals surface area contributed by atoms with E-state index in [0.717, 1.165) is 32.1 Å². The Kier molecular flexibility index (Phi) is 9.57. The van der Waals surface area contributed by atoms with Gasteiger partial charge in [-0.05, 0) is 25.7 Å². The van der Waals surface area contributed by atoms with Crippen LogP contribution in [0.5, 0.6) is 0 Å². The molecule has 0 heterocycles. The number of unbranched alkanes of at least 4 members (excludes halogenated alkanes) is 5. The fourth-order valence-corrected chi connectivity index (χ4v) is 1.61. The van der Waals surface area contributed by atoms with Gasteiger partial charge in [-0.3, -0.25) is 4.55 Å². The van der Waals surface area contributed by atoms with Crippen LogP contribution in [0.2, 0.25) is 0 Å². The molecule has 0 bridgehead atoms. The van der Waals surface area contributed by atoms with Crippen LogP contribution in [0.25, 0.3) is 0 Å². The van der Waals surface area contributed by atoms with Crippen molar-refractivity contribution in [3.63, 3.8) is 0 Å². The van der Waals surface area contributed by atoms with Gasteiger partial charge in [0.05, 0.1) is 6.61 Å². The van der Waals surface area contributed by atoms with Gasteiger partial charge < -0.3 is 0 Å². The van der Waals surface area contributed by atoms with Crippen molar-refractivity contribution in [3.8, 4) is 0 Å². The summed E-state index contributed by atoms with van der Waals surface area (Å²) in [7, 11) is -4.24. The Bertz CT molecular complexity index is 270. The van der Waals surface area contributed by atoms with E-state index in [2.05, 4.69) is 23.3 Å². The molecule has 0 rings (SSSR count). The molecule has 0 aliphatic carbocycles. The van der Waals surface area contributed by atoms with Gasteiger partial charge in [0.1, 0.15) is 0 Å². The van der Waals surface area contributed by atoms with Gasteiger partial charge in [-0.1, -0.05) is 38.3 Å². The van der Waals surface area contributed by atoms with E-state index in [9.17, 15) is 8.42 Å². The molecule has 0 atom stereocenters. The second-order valence-corrected chi connectivity index (χ2v) is 4.80. The maximum atomic E-state index is 10.2. The first kappa shape index (κ1) is 15.6. The first-order valence-corrected chi connectivity index (χ1v) is 7.19. The Morgan fingerprint density at radius 2 is 1.69 bits per heavy atom. The Labute approximate surface area is 98.7 Å². The van der Waals surface area contributed by atoms with Crippen LogP contribution in [0, 0.1) is 0 Å². The minimum absolute atomic E-state index is 0.0739. The van der Waals surface area contributed by atoms with Crippen LogP contribution in [0.15, 0.2) is 12.2 Å². The van der Waals surface area contributed by atoms with Crippen LogP contribution in [-0.2, 0) is 14.6 Å². The van der Waals surface area contributed by atoms with Crippen LogP contribution in [0.3, 0.4) is 0 Å². The molecular weight excluding hydrogens is 228 g/mol. The van der Waals surface area contributed by atoms with E-state index in [1.807, 2.05) is 0 Å². The van der Waals surface area contributed by atoms with Crippen molar-refractivity contribution in [2.75, 3.05) is 6.61 Å². The zero-order valence-electron chi connectivity index (χ0n) is 9.89. The fourth-order valence-electron chi connectivity index (χ4n) is 1.28. The quantitative estimate of drug-likeness (QED) is 0.367. The summed E-state index contributed by atoms with van der Waals surface area (Å²) in [5.74, 6) is 0. The van der Waals surface area contributed by atoms with Crippen molar-refractivity contribution in [1.29, 1.82) is 0 Å². The van der Waals surface area contributed by atoms with E-state index < -0.39 is 10.4 Å². The lowest BCUT2D eigenvalue weighted by Crippen LogP contribution is -2.04. The summed E-state index contributed by atoms with van der Waals surface area (Å²) in [5.41, 5.74) is 0. The van der Waals surface area contributed by atoms with Crippen molar-refractivity contribution in [2.45, 2.75) is 51.9 Å². The van der Waals surface area contributed by atoms with Gasteiger partial charge in [0.2, 0.25) is 0 Å². The first-order valence-electron chi connectivity index (χ1n) is 5.83. The van der Waals surface area contributed by atoms with Gasteiger partial charge in [-0.15, -0.1) is 0 Å². The molecule has 16 heavy (non-hydrogen) atoms. The lowest BCUT2D eigenvalue weighted by Gasteiger charge is -1.99. The van der Waals surface area contributed by atoms with Crippen molar-refractivity contribution in [3.05, 3.63) is 12.2 Å². The first-order chi connectivity index (χ1) is 7.56. The Balaban J connectivity index is 3.16. The summed E-state index contributed by atoms with van der Waals surface area (Å²) in [6, 6.07) is 0. The molecule has 0 unspecified atom stereocenters. The van der Waals surface area contributed by atoms with E-state index in [-0.39, 0.29) is 6.61 Å². The van der Waals surface area contributed by atoms with Crippen molar-refractivity contribution < 1.29 is 17.2 Å². The second kappa shape index (κ2) is 9.81. The predicted octanol–water partition coefficient (Wildman–Crippen LogP) is 3.11. The minimum atomic E-state index is -4.24. The molecule has 0 aromatic carbocycles. The normalized spacial score (nSPS) is 12.4. The lowest BCUT2D eigenvalue weighted by atomic mass is 10.1. The second-order valence-electron chi connectivity index (χ2n) is 3.71. The monoisotopic (exact) mass is 250 g/mol. The van der Waals surface area contributed by atoms with Gasteiger partial charge in [0, 0.05) is 0 Å². The maximum Gasteiger partial charge on any atom is 0.397 e. The van der Waals surface area contributed by atoms with Gasteiger partial charge in [0.25, 0.3) is 0 Å². The average molecular weight is 250 g/mol. The zero-order valence-corrected chi connectivity index (χ0v) is 10.7. The van der Waals surface area contributed by atoms with Crippen LogP contribution in [0.1, 0.15) is 51.9 Å². The third-order valence-electron chi connectivity index (χ3n) is 2.12. The smallest absolute Gasteiger partial charge is 0.264 e. The van der Waals surface area contributed by atoms with Crippen molar-refractivity contribution in [1.82, 2.24) is 0 Å². The molecule has 0 saturated carbocycles. The molecule has 0 radical (unpaired) electrons. The lowest BCUT2D eigenvalue weighted by molar-refractivity contribution is 0.261. The number of hydrogen-bond acceptors (Lipinski definition) is 3. The van der Waals surface area contributed by atoms with Crippen LogP contribution < -0.4 is 0 Å². The molecular formula is C11H22O4S. The van der Waals surface area contributed by atoms with E-state index in [1.165, 1.54) is 6.42 Å². The van der Waals surface area contributed by atoms with E-state index in [0.29, 0.717) is 6.42 Å². The summed E-state index contributed by atoms with van der Waals surface area (Å²) in [6.07, 6.45) is 11.6.